The fourth-order valence-electron chi connectivity index (χ4n) is 19.6. The monoisotopic (exact) mass is 941 g/mol. The molecule has 0 heterocycles. The molecule has 10 heteroatoms. The first-order valence-electron chi connectivity index (χ1n) is 28.3. The number of hydrogen-bond donors (Lipinski definition) is 8. The Kier molecular flexibility index (Phi) is 14.8. The summed E-state index contributed by atoms with van der Waals surface area (Å²) in [5.41, 5.74) is 31.5. The molecule has 0 bridgehead atoms. The number of amides is 2. The Bertz CT molecular complexity index is 1800. The highest BCUT2D eigenvalue weighted by molar-refractivity contribution is 5.76. The van der Waals surface area contributed by atoms with E-state index < -0.39 is 0 Å². The van der Waals surface area contributed by atoms with Gasteiger partial charge in [-0.25, -0.2) is 0 Å². The number of hydrogen-bond acceptors (Lipinski definition) is 8. The molecule has 9 rings (SSSR count). The van der Waals surface area contributed by atoms with Crippen LogP contribution in [0.1, 0.15) is 181 Å². The average molecular weight is 941 g/mol. The SMILES string of the molecule is C[C@H](CCCC(=O)NCc1ccc(CNC(=O)CCC[C@@H](C)[C@H]2CC[C@H]3[C@@H]4[C@H](N)C[C@@H]5C[C@H](O)CC[C@]5(C)[C@H]4C[C@H](N)[C@]23C)cc1)[C@H]1CC[C@H]2[C@@H]3[C@H](N)C[C@@H]4C[C@H](O)CC[C@]4(C)[C@H]3C[C@H](N)[C@]12C. The van der Waals surface area contributed by atoms with Crippen LogP contribution in [-0.2, 0) is 22.7 Å². The smallest absolute Gasteiger partial charge is 0.220 e. The number of carbonyl (C=O) groups is 2. The van der Waals surface area contributed by atoms with Crippen LogP contribution in [0.3, 0.4) is 0 Å². The molecule has 1 aromatic carbocycles. The van der Waals surface area contributed by atoms with Gasteiger partial charge in [0.1, 0.15) is 0 Å². The Balaban J connectivity index is 0.674. The molecule has 8 aliphatic carbocycles. The van der Waals surface area contributed by atoms with E-state index in [2.05, 4.69) is 76.4 Å². The Morgan fingerprint density at radius 2 is 0.956 bits per heavy atom. The summed E-state index contributed by atoms with van der Waals surface area (Å²) in [4.78, 5) is 26.1. The summed E-state index contributed by atoms with van der Waals surface area (Å²) in [7, 11) is 0. The minimum atomic E-state index is -0.176. The lowest BCUT2D eigenvalue weighted by atomic mass is 9.42. The van der Waals surface area contributed by atoms with E-state index in [1.54, 1.807) is 0 Å². The Morgan fingerprint density at radius 3 is 1.34 bits per heavy atom. The van der Waals surface area contributed by atoms with Crippen LogP contribution < -0.4 is 33.6 Å². The van der Waals surface area contributed by atoms with Gasteiger partial charge in [-0.15, -0.1) is 0 Å². The minimum Gasteiger partial charge on any atom is -0.393 e. The van der Waals surface area contributed by atoms with Gasteiger partial charge in [0.15, 0.2) is 0 Å². The molecule has 0 aromatic heterocycles. The number of rotatable bonds is 14. The molecule has 10 nitrogen and oxygen atoms in total. The molecule has 22 atom stereocenters. The van der Waals surface area contributed by atoms with Crippen molar-refractivity contribution in [1.29, 1.82) is 0 Å². The summed E-state index contributed by atoms with van der Waals surface area (Å²) >= 11 is 0. The predicted octanol–water partition coefficient (Wildman–Crippen LogP) is 8.32. The Morgan fingerprint density at radius 1 is 0.574 bits per heavy atom. The largest absolute Gasteiger partial charge is 0.393 e. The van der Waals surface area contributed by atoms with E-state index in [0.29, 0.717) is 96.9 Å². The fourth-order valence-corrected chi connectivity index (χ4v) is 19.6. The van der Waals surface area contributed by atoms with Crippen molar-refractivity contribution in [3.63, 3.8) is 0 Å². The number of fused-ring (bicyclic) bond motifs is 10. The zero-order valence-electron chi connectivity index (χ0n) is 43.3. The highest BCUT2D eigenvalue weighted by Gasteiger charge is 2.66. The summed E-state index contributed by atoms with van der Waals surface area (Å²) in [5, 5.41) is 27.4. The Labute approximate surface area is 411 Å². The van der Waals surface area contributed by atoms with E-state index in [0.717, 1.165) is 101 Å². The molecule has 8 saturated carbocycles. The standard InChI is InChI=1S/C58H96N6O4/c1-33(41-17-19-43-53-45(29-49(61)57(41,43)5)55(3)23-21-39(65)25-37(55)27-47(53)59)9-7-11-51(67)63-31-35-13-15-36(16-14-35)32-64-52(68)12-8-10-34(2)42-18-20-44-54-46(30-50(62)58(42,44)6)56(4)24-22-40(66)26-38(56)28-48(54)60/h13-16,33-34,37-50,53-54,65-66H,7-12,17-32,59-62H2,1-6H3,(H,63,67)(H,64,68)/t33-,34-,37+,38+,39-,40-,41-,42-,43+,44+,45+,46+,47-,48-,49+,50+,53+,54+,55+,56+,57-,58-/m1/s1. The molecule has 0 radical (unpaired) electrons. The lowest BCUT2D eigenvalue weighted by Gasteiger charge is -2.64. The third-order valence-corrected chi connectivity index (χ3v) is 23.6. The van der Waals surface area contributed by atoms with Gasteiger partial charge in [0.25, 0.3) is 0 Å². The maximum Gasteiger partial charge on any atom is 0.220 e. The quantitative estimate of drug-likeness (QED) is 0.0910. The van der Waals surface area contributed by atoms with E-state index in [1.807, 2.05) is 0 Å². The van der Waals surface area contributed by atoms with Gasteiger partial charge in [-0.3, -0.25) is 9.59 Å². The molecule has 68 heavy (non-hydrogen) atoms. The van der Waals surface area contributed by atoms with Crippen molar-refractivity contribution in [3.8, 4) is 0 Å². The first-order chi connectivity index (χ1) is 32.3. The van der Waals surface area contributed by atoms with Crippen molar-refractivity contribution in [3.05, 3.63) is 35.4 Å². The van der Waals surface area contributed by atoms with Crippen LogP contribution in [0, 0.1) is 92.7 Å². The van der Waals surface area contributed by atoms with E-state index in [9.17, 15) is 19.8 Å². The molecule has 2 amide bonds. The highest BCUT2D eigenvalue weighted by Crippen LogP contribution is 2.69. The Hall–Kier alpha value is -2.08. The number of aliphatic hydroxyl groups excluding tert-OH is 2. The van der Waals surface area contributed by atoms with E-state index in [1.165, 1.54) is 25.7 Å². The van der Waals surface area contributed by atoms with Crippen molar-refractivity contribution in [2.24, 2.45) is 116 Å². The average Bonchev–Trinajstić information content (AvgIpc) is 3.85. The molecule has 0 spiro atoms. The van der Waals surface area contributed by atoms with Crippen LogP contribution in [-0.4, -0.2) is 58.4 Å². The van der Waals surface area contributed by atoms with Gasteiger partial charge in [-0.2, -0.15) is 0 Å². The highest BCUT2D eigenvalue weighted by atomic mass is 16.3. The van der Waals surface area contributed by atoms with Gasteiger partial charge in [0.05, 0.1) is 12.2 Å². The molecule has 12 N–H and O–H groups in total. The number of nitrogens with one attached hydrogen (secondary N) is 2. The summed E-state index contributed by atoms with van der Waals surface area (Å²) in [6.07, 6.45) is 19.4. The molecule has 0 aliphatic heterocycles. The van der Waals surface area contributed by atoms with Gasteiger partial charge in [0, 0.05) is 50.1 Å². The zero-order chi connectivity index (χ0) is 48.5. The summed E-state index contributed by atoms with van der Waals surface area (Å²) in [5.74, 6) is 6.59. The van der Waals surface area contributed by atoms with Crippen LogP contribution >= 0.6 is 0 Å². The molecule has 0 saturated heterocycles. The normalized spacial score (nSPS) is 47.0. The van der Waals surface area contributed by atoms with E-state index >= 15 is 0 Å². The maximum atomic E-state index is 13.1. The van der Waals surface area contributed by atoms with E-state index in [4.69, 9.17) is 22.9 Å². The number of aliphatic hydroxyl groups is 2. The van der Waals surface area contributed by atoms with Gasteiger partial charge >= 0.3 is 0 Å². The van der Waals surface area contributed by atoms with Crippen molar-refractivity contribution in [2.75, 3.05) is 0 Å². The second-order valence-electron chi connectivity index (χ2n) is 26.5. The van der Waals surface area contributed by atoms with Crippen molar-refractivity contribution in [2.45, 2.75) is 219 Å². The van der Waals surface area contributed by atoms with Crippen LogP contribution in [0.2, 0.25) is 0 Å². The zero-order valence-corrected chi connectivity index (χ0v) is 43.3. The second-order valence-corrected chi connectivity index (χ2v) is 26.5. The van der Waals surface area contributed by atoms with Crippen LogP contribution in [0.15, 0.2) is 24.3 Å². The van der Waals surface area contributed by atoms with Crippen molar-refractivity contribution < 1.29 is 19.8 Å². The second kappa shape index (κ2) is 19.7. The molecule has 1 aromatic rings. The lowest BCUT2D eigenvalue weighted by molar-refractivity contribution is -0.143. The molecular weight excluding hydrogens is 845 g/mol. The lowest BCUT2D eigenvalue weighted by Crippen LogP contribution is -2.65. The molecule has 382 valence electrons. The molecular formula is C58H96N6O4. The first-order valence-corrected chi connectivity index (χ1v) is 28.3. The fraction of sp³-hybridized carbons (Fsp3) is 0.862. The maximum absolute atomic E-state index is 13.1. The van der Waals surface area contributed by atoms with Crippen molar-refractivity contribution in [1.82, 2.24) is 10.6 Å². The van der Waals surface area contributed by atoms with Gasteiger partial charge < -0.3 is 43.8 Å². The van der Waals surface area contributed by atoms with Gasteiger partial charge in [-0.05, 0) is 219 Å². The number of benzene rings is 1. The third kappa shape index (κ3) is 8.97. The van der Waals surface area contributed by atoms with Gasteiger partial charge in [0.2, 0.25) is 11.8 Å². The topological polar surface area (TPSA) is 203 Å². The summed E-state index contributed by atoms with van der Waals surface area (Å²) in [6, 6.07) is 8.95. The van der Waals surface area contributed by atoms with Crippen LogP contribution in [0.4, 0.5) is 0 Å². The number of nitrogens with two attached hydrogens (primary N) is 4. The summed E-state index contributed by atoms with van der Waals surface area (Å²) in [6.45, 7) is 15.8. The van der Waals surface area contributed by atoms with Gasteiger partial charge in [-0.1, -0.05) is 65.8 Å². The third-order valence-electron chi connectivity index (χ3n) is 23.6. The predicted molar refractivity (Wildman–Crippen MR) is 272 cm³/mol. The van der Waals surface area contributed by atoms with E-state index in [-0.39, 0.29) is 69.8 Å². The molecule has 8 aliphatic rings. The van der Waals surface area contributed by atoms with Crippen LogP contribution in [0.25, 0.3) is 0 Å². The molecule has 8 fully saturated rings. The number of carbonyl (C=O) groups excluding carboxylic acids is 2. The van der Waals surface area contributed by atoms with Crippen LogP contribution in [0.5, 0.6) is 0 Å². The first kappa shape index (κ1) is 50.8. The summed E-state index contributed by atoms with van der Waals surface area (Å²) < 4.78 is 0. The minimum absolute atomic E-state index is 0.0790. The molecule has 0 unspecified atom stereocenters. The van der Waals surface area contributed by atoms with Crippen molar-refractivity contribution >= 4 is 11.8 Å².